The molecule has 1 amide bonds. The van der Waals surface area contributed by atoms with Crippen LogP contribution in [0.1, 0.15) is 29.8 Å². The molecule has 21 heavy (non-hydrogen) atoms. The van der Waals surface area contributed by atoms with Gasteiger partial charge < -0.3 is 4.90 Å². The van der Waals surface area contributed by atoms with Gasteiger partial charge in [-0.3, -0.25) is 4.79 Å². The first kappa shape index (κ1) is 13.4. The number of carbonyl (C=O) groups excluding carboxylic acids is 1. The van der Waals surface area contributed by atoms with Gasteiger partial charge in [0.2, 0.25) is 0 Å². The van der Waals surface area contributed by atoms with E-state index in [-0.39, 0.29) is 5.91 Å². The van der Waals surface area contributed by atoms with Crippen LogP contribution in [0.2, 0.25) is 0 Å². The van der Waals surface area contributed by atoms with Gasteiger partial charge >= 0.3 is 0 Å². The molecule has 0 unspecified atom stereocenters. The van der Waals surface area contributed by atoms with Crippen LogP contribution in [-0.4, -0.2) is 33.2 Å². The SMILES string of the molecule is CN(C(=O)c1ccn(-c2ccccc2)n1)C1(C#N)CCC1. The van der Waals surface area contributed by atoms with E-state index < -0.39 is 5.54 Å². The Morgan fingerprint density at radius 1 is 1.33 bits per heavy atom. The maximum absolute atomic E-state index is 12.5. The van der Waals surface area contributed by atoms with Crippen molar-refractivity contribution in [2.45, 2.75) is 24.8 Å². The highest BCUT2D eigenvalue weighted by atomic mass is 16.2. The molecule has 0 spiro atoms. The van der Waals surface area contributed by atoms with Gasteiger partial charge in [-0.05, 0) is 37.5 Å². The second-order valence-corrected chi connectivity index (χ2v) is 5.34. The topological polar surface area (TPSA) is 61.9 Å². The normalized spacial score (nSPS) is 15.8. The van der Waals surface area contributed by atoms with Crippen molar-refractivity contribution < 1.29 is 4.79 Å². The second kappa shape index (κ2) is 5.06. The van der Waals surface area contributed by atoms with Crippen molar-refractivity contribution in [3.63, 3.8) is 0 Å². The van der Waals surface area contributed by atoms with Crippen molar-refractivity contribution in [3.05, 3.63) is 48.3 Å². The summed E-state index contributed by atoms with van der Waals surface area (Å²) >= 11 is 0. The van der Waals surface area contributed by atoms with Crippen LogP contribution in [0.5, 0.6) is 0 Å². The lowest BCUT2D eigenvalue weighted by Crippen LogP contribution is -2.53. The summed E-state index contributed by atoms with van der Waals surface area (Å²) in [4.78, 5) is 14.0. The first-order chi connectivity index (χ1) is 10.2. The summed E-state index contributed by atoms with van der Waals surface area (Å²) in [5, 5.41) is 13.6. The second-order valence-electron chi connectivity index (χ2n) is 5.34. The van der Waals surface area contributed by atoms with E-state index in [0.29, 0.717) is 5.69 Å². The summed E-state index contributed by atoms with van der Waals surface area (Å²) in [7, 11) is 1.69. The summed E-state index contributed by atoms with van der Waals surface area (Å²) in [6, 6.07) is 13.6. The first-order valence-corrected chi connectivity index (χ1v) is 6.97. The Hall–Kier alpha value is -2.61. The summed E-state index contributed by atoms with van der Waals surface area (Å²) in [6.45, 7) is 0. The third-order valence-electron chi connectivity index (χ3n) is 4.16. The molecule has 5 heteroatoms. The molecule has 106 valence electrons. The van der Waals surface area contributed by atoms with Crippen LogP contribution in [-0.2, 0) is 0 Å². The van der Waals surface area contributed by atoms with Crippen LogP contribution in [0, 0.1) is 11.3 Å². The van der Waals surface area contributed by atoms with Gasteiger partial charge in [0.1, 0.15) is 5.54 Å². The summed E-state index contributed by atoms with van der Waals surface area (Å²) in [6.07, 6.45) is 4.23. The van der Waals surface area contributed by atoms with E-state index in [9.17, 15) is 10.1 Å². The highest BCUT2D eigenvalue weighted by Gasteiger charge is 2.44. The highest BCUT2D eigenvalue weighted by Crippen LogP contribution is 2.36. The lowest BCUT2D eigenvalue weighted by Gasteiger charge is -2.42. The molecule has 5 nitrogen and oxygen atoms in total. The smallest absolute Gasteiger partial charge is 0.275 e. The average molecular weight is 280 g/mol. The number of rotatable bonds is 3. The van der Waals surface area contributed by atoms with Gasteiger partial charge in [0, 0.05) is 13.2 Å². The van der Waals surface area contributed by atoms with Crippen LogP contribution in [0.4, 0.5) is 0 Å². The molecule has 1 aliphatic rings. The lowest BCUT2D eigenvalue weighted by atomic mass is 9.76. The number of nitriles is 1. The van der Waals surface area contributed by atoms with Crippen molar-refractivity contribution in [2.75, 3.05) is 7.05 Å². The quantitative estimate of drug-likeness (QED) is 0.867. The summed E-state index contributed by atoms with van der Waals surface area (Å²) in [5.41, 5.74) is 0.619. The Balaban J connectivity index is 1.84. The van der Waals surface area contributed by atoms with E-state index in [1.165, 1.54) is 4.90 Å². The minimum atomic E-state index is -0.645. The molecule has 0 saturated heterocycles. The molecule has 1 fully saturated rings. The lowest BCUT2D eigenvalue weighted by molar-refractivity contribution is 0.0491. The standard InChI is InChI=1S/C16H16N4O/c1-19(16(12-17)9-5-10-16)15(21)14-8-11-20(18-14)13-6-3-2-4-7-13/h2-4,6-8,11H,5,9-10H2,1H3. The van der Waals surface area contributed by atoms with Crippen LogP contribution in [0.15, 0.2) is 42.6 Å². The van der Waals surface area contributed by atoms with Gasteiger partial charge in [-0.15, -0.1) is 0 Å². The minimum Gasteiger partial charge on any atom is -0.322 e. The average Bonchev–Trinajstić information content (AvgIpc) is 2.96. The fraction of sp³-hybridized carbons (Fsp3) is 0.312. The zero-order valence-electron chi connectivity index (χ0n) is 11.9. The van der Waals surface area contributed by atoms with Crippen molar-refractivity contribution in [2.24, 2.45) is 0 Å². The number of para-hydroxylation sites is 1. The first-order valence-electron chi connectivity index (χ1n) is 6.97. The van der Waals surface area contributed by atoms with Crippen molar-refractivity contribution in [3.8, 4) is 11.8 Å². The van der Waals surface area contributed by atoms with Crippen LogP contribution in [0.3, 0.4) is 0 Å². The summed E-state index contributed by atoms with van der Waals surface area (Å²) in [5.74, 6) is -0.203. The fourth-order valence-electron chi connectivity index (χ4n) is 2.56. The Morgan fingerprint density at radius 3 is 2.62 bits per heavy atom. The van der Waals surface area contributed by atoms with Gasteiger partial charge in [-0.1, -0.05) is 18.2 Å². The predicted octanol–water partition coefficient (Wildman–Crippen LogP) is 2.39. The van der Waals surface area contributed by atoms with Crippen LogP contribution >= 0.6 is 0 Å². The molecule has 1 heterocycles. The number of aromatic nitrogens is 2. The van der Waals surface area contributed by atoms with Gasteiger partial charge in [0.25, 0.3) is 5.91 Å². The molecule has 0 aliphatic heterocycles. The van der Waals surface area contributed by atoms with Crippen molar-refractivity contribution in [1.29, 1.82) is 5.26 Å². The van der Waals surface area contributed by atoms with E-state index in [0.717, 1.165) is 24.9 Å². The molecule has 1 aliphatic carbocycles. The van der Waals surface area contributed by atoms with E-state index >= 15 is 0 Å². The molecule has 1 saturated carbocycles. The molecule has 0 atom stereocenters. The van der Waals surface area contributed by atoms with Crippen molar-refractivity contribution in [1.82, 2.24) is 14.7 Å². The molecule has 2 aromatic rings. The monoisotopic (exact) mass is 280 g/mol. The predicted molar refractivity (Wildman–Crippen MR) is 77.9 cm³/mol. The van der Waals surface area contributed by atoms with Crippen LogP contribution in [0.25, 0.3) is 5.69 Å². The third kappa shape index (κ3) is 2.19. The Kier molecular flexibility index (Phi) is 3.22. The number of benzene rings is 1. The van der Waals surface area contributed by atoms with Gasteiger partial charge in [-0.2, -0.15) is 10.4 Å². The molecule has 1 aromatic heterocycles. The van der Waals surface area contributed by atoms with E-state index in [1.54, 1.807) is 24.0 Å². The molecule has 0 N–H and O–H groups in total. The zero-order chi connectivity index (χ0) is 14.9. The zero-order valence-corrected chi connectivity index (χ0v) is 11.9. The largest absolute Gasteiger partial charge is 0.322 e. The van der Waals surface area contributed by atoms with Crippen LogP contribution < -0.4 is 0 Å². The molecular formula is C16H16N4O. The van der Waals surface area contributed by atoms with Gasteiger partial charge in [0.15, 0.2) is 5.69 Å². The van der Waals surface area contributed by atoms with E-state index in [1.807, 2.05) is 30.3 Å². The number of nitrogens with zero attached hydrogens (tertiary/aromatic N) is 4. The number of carbonyl (C=O) groups is 1. The van der Waals surface area contributed by atoms with E-state index in [2.05, 4.69) is 11.2 Å². The minimum absolute atomic E-state index is 0.203. The number of hydrogen-bond acceptors (Lipinski definition) is 3. The highest BCUT2D eigenvalue weighted by molar-refractivity contribution is 5.93. The Labute approximate surface area is 123 Å². The van der Waals surface area contributed by atoms with Crippen molar-refractivity contribution >= 4 is 5.91 Å². The number of hydrogen-bond donors (Lipinski definition) is 0. The molecular weight excluding hydrogens is 264 g/mol. The fourth-order valence-corrected chi connectivity index (χ4v) is 2.56. The van der Waals surface area contributed by atoms with Gasteiger partial charge in [-0.25, -0.2) is 4.68 Å². The van der Waals surface area contributed by atoms with E-state index in [4.69, 9.17) is 0 Å². The molecule has 0 bridgehead atoms. The molecule has 0 radical (unpaired) electrons. The summed E-state index contributed by atoms with van der Waals surface area (Å²) < 4.78 is 1.67. The molecule has 3 rings (SSSR count). The Morgan fingerprint density at radius 2 is 2.05 bits per heavy atom. The maximum atomic E-state index is 12.5. The Bertz CT molecular complexity index is 695. The van der Waals surface area contributed by atoms with Gasteiger partial charge in [0.05, 0.1) is 11.8 Å². The molecule has 1 aromatic carbocycles. The number of amides is 1. The maximum Gasteiger partial charge on any atom is 0.275 e. The third-order valence-corrected chi connectivity index (χ3v) is 4.16.